The third kappa shape index (κ3) is 63.4. The van der Waals surface area contributed by atoms with Crippen LogP contribution < -0.4 is 5.32 Å². The Morgan fingerprint density at radius 2 is 0.623 bits per heavy atom. The minimum Gasteiger partial charge on any atom is -0.466 e. The van der Waals surface area contributed by atoms with Crippen molar-refractivity contribution in [2.24, 2.45) is 0 Å². The number of aliphatic hydroxyl groups is 2. The Hall–Kier alpha value is -1.66. The molecule has 456 valence electrons. The molecule has 0 heterocycles. The zero-order valence-corrected chi connectivity index (χ0v) is 52.2. The SMILES string of the molecule is CCCC/C=C\CCCCCCCC(=O)OCCCCCCCCCCCCCCCCCCCCCCCCCCCCCCCCCCCC(=O)NC(CO)C(O)/C=C/CCCCCCCCCCCCCCCC. The van der Waals surface area contributed by atoms with E-state index < -0.39 is 12.1 Å². The van der Waals surface area contributed by atoms with Gasteiger partial charge in [-0.2, -0.15) is 0 Å². The molecule has 0 aliphatic heterocycles. The van der Waals surface area contributed by atoms with Gasteiger partial charge in [0.05, 0.1) is 25.4 Å². The number of amides is 1. The van der Waals surface area contributed by atoms with Gasteiger partial charge in [-0.05, 0) is 51.4 Å². The standard InChI is InChI=1S/C71H137NO5/c1-3-5-7-9-11-13-15-16-17-37-40-44-47-51-55-59-63-69(74)68(67-73)72-70(75)64-60-56-52-48-45-41-38-35-33-31-29-27-25-23-21-19-18-20-22-24-26-28-30-32-34-36-39-42-46-50-54-58-62-66-77-71(76)65-61-57-53-49-43-14-12-10-8-6-4-2/h10,12,59,63,68-69,73-74H,3-9,11,13-58,60-62,64-67H2,1-2H3,(H,72,75)/b12-10-,63-59+. The van der Waals surface area contributed by atoms with Crippen molar-refractivity contribution in [2.75, 3.05) is 13.2 Å². The molecule has 6 heteroatoms. The van der Waals surface area contributed by atoms with E-state index in [-0.39, 0.29) is 18.5 Å². The molecule has 0 aromatic rings. The van der Waals surface area contributed by atoms with Gasteiger partial charge in [-0.1, -0.05) is 353 Å². The Labute approximate surface area is 481 Å². The molecule has 0 radical (unpaired) electrons. The van der Waals surface area contributed by atoms with Crippen LogP contribution in [-0.4, -0.2) is 47.4 Å². The number of aliphatic hydroxyl groups excluding tert-OH is 2. The summed E-state index contributed by atoms with van der Waals surface area (Å²) in [6, 6.07) is -0.624. The second kappa shape index (κ2) is 66.8. The van der Waals surface area contributed by atoms with Crippen LogP contribution in [0.25, 0.3) is 0 Å². The molecule has 0 saturated carbocycles. The van der Waals surface area contributed by atoms with Crippen molar-refractivity contribution in [3.05, 3.63) is 24.3 Å². The predicted octanol–water partition coefficient (Wildman–Crippen LogP) is 22.5. The predicted molar refractivity (Wildman–Crippen MR) is 338 cm³/mol. The van der Waals surface area contributed by atoms with Gasteiger partial charge in [0.1, 0.15) is 0 Å². The molecule has 0 aliphatic carbocycles. The van der Waals surface area contributed by atoms with E-state index in [1.165, 1.54) is 321 Å². The van der Waals surface area contributed by atoms with Crippen molar-refractivity contribution in [2.45, 2.75) is 405 Å². The van der Waals surface area contributed by atoms with Crippen LogP contribution in [0.2, 0.25) is 0 Å². The smallest absolute Gasteiger partial charge is 0.305 e. The van der Waals surface area contributed by atoms with Crippen LogP contribution in [0.5, 0.6) is 0 Å². The topological polar surface area (TPSA) is 95.9 Å². The van der Waals surface area contributed by atoms with Crippen LogP contribution in [0.1, 0.15) is 393 Å². The summed E-state index contributed by atoms with van der Waals surface area (Å²) in [5, 5.41) is 23.2. The first kappa shape index (κ1) is 75.3. The number of carbonyl (C=O) groups excluding carboxylic acids is 2. The largest absolute Gasteiger partial charge is 0.466 e. The third-order valence-electron chi connectivity index (χ3n) is 16.5. The van der Waals surface area contributed by atoms with Gasteiger partial charge in [-0.25, -0.2) is 0 Å². The van der Waals surface area contributed by atoms with E-state index in [2.05, 4.69) is 31.3 Å². The Morgan fingerprint density at radius 1 is 0.351 bits per heavy atom. The van der Waals surface area contributed by atoms with E-state index in [9.17, 15) is 19.8 Å². The first-order valence-corrected chi connectivity index (χ1v) is 35.1. The first-order valence-electron chi connectivity index (χ1n) is 35.1. The lowest BCUT2D eigenvalue weighted by Gasteiger charge is -2.20. The van der Waals surface area contributed by atoms with E-state index in [0.29, 0.717) is 19.4 Å². The van der Waals surface area contributed by atoms with Gasteiger partial charge in [0, 0.05) is 12.8 Å². The second-order valence-corrected chi connectivity index (χ2v) is 24.2. The summed E-state index contributed by atoms with van der Waals surface area (Å²) in [5.41, 5.74) is 0. The molecule has 0 fully saturated rings. The summed E-state index contributed by atoms with van der Waals surface area (Å²) in [5.74, 6) is -0.0496. The van der Waals surface area contributed by atoms with Gasteiger partial charge in [-0.3, -0.25) is 9.59 Å². The summed E-state index contributed by atoms with van der Waals surface area (Å²) in [6.45, 7) is 4.90. The molecule has 0 bridgehead atoms. The number of unbranched alkanes of at least 4 members (excludes halogenated alkanes) is 53. The summed E-state index contributed by atoms with van der Waals surface area (Å²) >= 11 is 0. The molecule has 0 saturated heterocycles. The highest BCUT2D eigenvalue weighted by molar-refractivity contribution is 5.76. The van der Waals surface area contributed by atoms with Gasteiger partial charge in [0.15, 0.2) is 0 Å². The Kier molecular flexibility index (Phi) is 65.4. The van der Waals surface area contributed by atoms with Crippen molar-refractivity contribution in [3.63, 3.8) is 0 Å². The fourth-order valence-corrected chi connectivity index (χ4v) is 11.1. The summed E-state index contributed by atoms with van der Waals surface area (Å²) < 4.78 is 5.47. The molecule has 0 aromatic heterocycles. The lowest BCUT2D eigenvalue weighted by atomic mass is 10.0. The van der Waals surface area contributed by atoms with E-state index in [0.717, 1.165) is 44.9 Å². The summed E-state index contributed by atoms with van der Waals surface area (Å²) in [6.07, 6.45) is 84.1. The number of ether oxygens (including phenoxy) is 1. The van der Waals surface area contributed by atoms with Crippen LogP contribution in [0, 0.1) is 0 Å². The average molecular weight is 1080 g/mol. The monoisotopic (exact) mass is 1080 g/mol. The van der Waals surface area contributed by atoms with Crippen LogP contribution in [0.15, 0.2) is 24.3 Å². The lowest BCUT2D eigenvalue weighted by molar-refractivity contribution is -0.143. The van der Waals surface area contributed by atoms with Crippen LogP contribution in [0.4, 0.5) is 0 Å². The number of hydrogen-bond acceptors (Lipinski definition) is 5. The fourth-order valence-electron chi connectivity index (χ4n) is 11.1. The zero-order valence-electron chi connectivity index (χ0n) is 52.2. The quantitative estimate of drug-likeness (QED) is 0.0320. The summed E-state index contributed by atoms with van der Waals surface area (Å²) in [4.78, 5) is 24.5. The maximum absolute atomic E-state index is 12.5. The van der Waals surface area contributed by atoms with Crippen molar-refractivity contribution in [1.29, 1.82) is 0 Å². The van der Waals surface area contributed by atoms with Crippen LogP contribution in [-0.2, 0) is 14.3 Å². The molecule has 2 unspecified atom stereocenters. The Morgan fingerprint density at radius 3 is 0.961 bits per heavy atom. The highest BCUT2D eigenvalue weighted by atomic mass is 16.5. The Bertz CT molecular complexity index is 1200. The normalized spacial score (nSPS) is 12.6. The fraction of sp³-hybridized carbons (Fsp3) is 0.915. The van der Waals surface area contributed by atoms with Crippen LogP contribution >= 0.6 is 0 Å². The zero-order chi connectivity index (χ0) is 55.7. The van der Waals surface area contributed by atoms with E-state index in [4.69, 9.17) is 4.74 Å². The van der Waals surface area contributed by atoms with Crippen molar-refractivity contribution in [1.82, 2.24) is 5.32 Å². The molecule has 2 atom stereocenters. The van der Waals surface area contributed by atoms with Gasteiger partial charge in [0.2, 0.25) is 5.91 Å². The van der Waals surface area contributed by atoms with Gasteiger partial charge >= 0.3 is 5.97 Å². The van der Waals surface area contributed by atoms with E-state index in [1.807, 2.05) is 6.08 Å². The third-order valence-corrected chi connectivity index (χ3v) is 16.5. The average Bonchev–Trinajstić information content (AvgIpc) is 3.43. The molecule has 1 amide bonds. The number of esters is 1. The molecule has 0 aromatic carbocycles. The van der Waals surface area contributed by atoms with Crippen molar-refractivity contribution in [3.8, 4) is 0 Å². The van der Waals surface area contributed by atoms with Crippen molar-refractivity contribution >= 4 is 11.9 Å². The number of allylic oxidation sites excluding steroid dienone is 3. The maximum Gasteiger partial charge on any atom is 0.305 e. The minimum atomic E-state index is -0.841. The Balaban J connectivity index is 3.33. The van der Waals surface area contributed by atoms with Crippen molar-refractivity contribution < 1.29 is 24.5 Å². The molecular formula is C71H137NO5. The highest BCUT2D eigenvalue weighted by Gasteiger charge is 2.18. The number of nitrogens with one attached hydrogen (secondary N) is 1. The van der Waals surface area contributed by atoms with Gasteiger partial charge < -0.3 is 20.3 Å². The molecule has 6 nitrogen and oxygen atoms in total. The van der Waals surface area contributed by atoms with Crippen LogP contribution in [0.3, 0.4) is 0 Å². The molecular weight excluding hydrogens is 947 g/mol. The van der Waals surface area contributed by atoms with E-state index >= 15 is 0 Å². The number of carbonyl (C=O) groups is 2. The van der Waals surface area contributed by atoms with Gasteiger partial charge in [-0.15, -0.1) is 0 Å². The maximum atomic E-state index is 12.5. The molecule has 0 aliphatic rings. The molecule has 77 heavy (non-hydrogen) atoms. The lowest BCUT2D eigenvalue weighted by Crippen LogP contribution is -2.45. The highest BCUT2D eigenvalue weighted by Crippen LogP contribution is 2.19. The van der Waals surface area contributed by atoms with Gasteiger partial charge in [0.25, 0.3) is 0 Å². The minimum absolute atomic E-state index is 0.0107. The second-order valence-electron chi connectivity index (χ2n) is 24.2. The molecule has 3 N–H and O–H groups in total. The number of rotatable bonds is 66. The van der Waals surface area contributed by atoms with E-state index in [1.54, 1.807) is 6.08 Å². The molecule has 0 rings (SSSR count). The number of hydrogen-bond donors (Lipinski definition) is 3. The first-order chi connectivity index (χ1) is 38.0. The summed E-state index contributed by atoms with van der Waals surface area (Å²) in [7, 11) is 0. The molecule has 0 spiro atoms.